The molecule has 25 heavy (non-hydrogen) atoms. The molecule has 2 aromatic heterocycles. The van der Waals surface area contributed by atoms with Crippen molar-refractivity contribution in [3.63, 3.8) is 0 Å². The second-order valence-electron chi connectivity index (χ2n) is 6.10. The summed E-state index contributed by atoms with van der Waals surface area (Å²) < 4.78 is 10.5. The average Bonchev–Trinajstić information content (AvgIpc) is 3.17. The standard InChI is InChI=1S/C19H19N3O3/c1-24-15-5-4-13(17(23)9-15)11-22-7-6-16-14(12-22)10-20-19(21-16)18-3-2-8-25-18/h2-5,8-10,23H,6-7,11-12H2,1H3. The van der Waals surface area contributed by atoms with Crippen molar-refractivity contribution < 1.29 is 14.3 Å². The lowest BCUT2D eigenvalue weighted by Crippen LogP contribution is -2.31. The van der Waals surface area contributed by atoms with E-state index in [1.54, 1.807) is 19.4 Å². The monoisotopic (exact) mass is 337 g/mol. The molecular weight excluding hydrogens is 318 g/mol. The molecule has 0 fully saturated rings. The predicted octanol–water partition coefficient (Wildman–Crippen LogP) is 3.01. The summed E-state index contributed by atoms with van der Waals surface area (Å²) in [6.45, 7) is 2.32. The summed E-state index contributed by atoms with van der Waals surface area (Å²) in [4.78, 5) is 11.3. The number of phenolic OH excluding ortho intramolecular Hbond substituents is 1. The smallest absolute Gasteiger partial charge is 0.195 e. The fraction of sp³-hybridized carbons (Fsp3) is 0.263. The zero-order valence-corrected chi connectivity index (χ0v) is 14.0. The van der Waals surface area contributed by atoms with Gasteiger partial charge in [-0.3, -0.25) is 4.90 Å². The SMILES string of the molecule is COc1ccc(CN2CCc3nc(-c4ccco4)ncc3C2)c(O)c1. The highest BCUT2D eigenvalue weighted by atomic mass is 16.5. The third-order valence-corrected chi connectivity index (χ3v) is 4.44. The molecule has 3 heterocycles. The molecule has 128 valence electrons. The van der Waals surface area contributed by atoms with Gasteiger partial charge in [-0.2, -0.15) is 0 Å². The largest absolute Gasteiger partial charge is 0.507 e. The van der Waals surface area contributed by atoms with Gasteiger partial charge >= 0.3 is 0 Å². The van der Waals surface area contributed by atoms with Crippen LogP contribution in [0.5, 0.6) is 11.5 Å². The van der Waals surface area contributed by atoms with Crippen molar-refractivity contribution in [1.29, 1.82) is 0 Å². The number of aromatic nitrogens is 2. The van der Waals surface area contributed by atoms with Crippen LogP contribution in [0.4, 0.5) is 0 Å². The molecule has 0 saturated carbocycles. The number of hydrogen-bond acceptors (Lipinski definition) is 6. The maximum absolute atomic E-state index is 10.1. The number of nitrogens with zero attached hydrogens (tertiary/aromatic N) is 3. The van der Waals surface area contributed by atoms with Crippen LogP contribution < -0.4 is 4.74 Å². The number of methoxy groups -OCH3 is 1. The molecule has 6 nitrogen and oxygen atoms in total. The second-order valence-corrected chi connectivity index (χ2v) is 6.10. The highest BCUT2D eigenvalue weighted by Gasteiger charge is 2.20. The van der Waals surface area contributed by atoms with E-state index in [9.17, 15) is 5.11 Å². The minimum atomic E-state index is 0.259. The fourth-order valence-corrected chi connectivity index (χ4v) is 3.08. The number of aromatic hydroxyl groups is 1. The van der Waals surface area contributed by atoms with Crippen molar-refractivity contribution in [2.75, 3.05) is 13.7 Å². The lowest BCUT2D eigenvalue weighted by molar-refractivity contribution is 0.239. The molecule has 3 aromatic rings. The lowest BCUT2D eigenvalue weighted by Gasteiger charge is -2.28. The predicted molar refractivity (Wildman–Crippen MR) is 92.2 cm³/mol. The first-order valence-electron chi connectivity index (χ1n) is 8.20. The van der Waals surface area contributed by atoms with Crippen LogP contribution in [0.15, 0.2) is 47.2 Å². The van der Waals surface area contributed by atoms with Crippen LogP contribution in [0.3, 0.4) is 0 Å². The van der Waals surface area contributed by atoms with Crippen LogP contribution in [0.25, 0.3) is 11.6 Å². The molecule has 1 aliphatic rings. The van der Waals surface area contributed by atoms with E-state index >= 15 is 0 Å². The molecular formula is C19H19N3O3. The van der Waals surface area contributed by atoms with Crippen LogP contribution in [0.2, 0.25) is 0 Å². The van der Waals surface area contributed by atoms with Crippen LogP contribution in [0.1, 0.15) is 16.8 Å². The Hall–Kier alpha value is -2.86. The summed E-state index contributed by atoms with van der Waals surface area (Å²) in [6, 6.07) is 9.11. The van der Waals surface area contributed by atoms with E-state index in [-0.39, 0.29) is 5.75 Å². The van der Waals surface area contributed by atoms with Crippen LogP contribution >= 0.6 is 0 Å². The molecule has 0 aliphatic carbocycles. The second kappa shape index (κ2) is 6.57. The van der Waals surface area contributed by atoms with Gasteiger partial charge in [0.15, 0.2) is 11.6 Å². The van der Waals surface area contributed by atoms with Crippen molar-refractivity contribution in [3.05, 3.63) is 59.6 Å². The number of ether oxygens (including phenoxy) is 1. The van der Waals surface area contributed by atoms with E-state index in [1.165, 1.54) is 0 Å². The molecule has 0 saturated heterocycles. The van der Waals surface area contributed by atoms with Gasteiger partial charge in [-0.25, -0.2) is 9.97 Å². The Morgan fingerprint density at radius 2 is 2.24 bits per heavy atom. The Balaban J connectivity index is 1.50. The summed E-state index contributed by atoms with van der Waals surface area (Å²) >= 11 is 0. The third-order valence-electron chi connectivity index (χ3n) is 4.44. The summed E-state index contributed by atoms with van der Waals surface area (Å²) in [5, 5.41) is 10.1. The van der Waals surface area contributed by atoms with Crippen LogP contribution in [0, 0.1) is 0 Å². The van der Waals surface area contributed by atoms with Crippen LogP contribution in [-0.2, 0) is 19.5 Å². The Bertz CT molecular complexity index is 878. The van der Waals surface area contributed by atoms with Gasteiger partial charge < -0.3 is 14.3 Å². The number of fused-ring (bicyclic) bond motifs is 1. The summed E-state index contributed by atoms with van der Waals surface area (Å²) in [5.41, 5.74) is 3.07. The van der Waals surface area contributed by atoms with E-state index in [1.807, 2.05) is 30.5 Å². The zero-order chi connectivity index (χ0) is 17.2. The maximum Gasteiger partial charge on any atom is 0.195 e. The summed E-state index contributed by atoms with van der Waals surface area (Å²) in [6.07, 6.45) is 4.35. The number of hydrogen-bond donors (Lipinski definition) is 1. The van der Waals surface area contributed by atoms with Crippen molar-refractivity contribution in [2.24, 2.45) is 0 Å². The van der Waals surface area contributed by atoms with Crippen molar-refractivity contribution in [3.8, 4) is 23.1 Å². The quantitative estimate of drug-likeness (QED) is 0.789. The normalized spacial score (nSPS) is 14.3. The van der Waals surface area contributed by atoms with E-state index in [0.717, 1.165) is 36.3 Å². The molecule has 1 aromatic carbocycles. The van der Waals surface area contributed by atoms with Crippen molar-refractivity contribution in [1.82, 2.24) is 14.9 Å². The van der Waals surface area contributed by atoms with Gasteiger partial charge in [0, 0.05) is 49.4 Å². The number of furan rings is 1. The summed E-state index contributed by atoms with van der Waals surface area (Å²) in [5.74, 6) is 2.23. The first-order chi connectivity index (χ1) is 12.2. The van der Waals surface area contributed by atoms with E-state index in [0.29, 0.717) is 23.9 Å². The highest BCUT2D eigenvalue weighted by Crippen LogP contribution is 2.27. The van der Waals surface area contributed by atoms with Gasteiger partial charge in [-0.1, -0.05) is 6.07 Å². The Kier molecular flexibility index (Phi) is 4.11. The maximum atomic E-state index is 10.1. The molecule has 1 N–H and O–H groups in total. The van der Waals surface area contributed by atoms with Gasteiger partial charge in [0.2, 0.25) is 0 Å². The number of benzene rings is 1. The van der Waals surface area contributed by atoms with Gasteiger partial charge in [0.05, 0.1) is 19.1 Å². The molecule has 0 unspecified atom stereocenters. The Morgan fingerprint density at radius 1 is 1.32 bits per heavy atom. The third kappa shape index (κ3) is 3.21. The summed E-state index contributed by atoms with van der Waals surface area (Å²) in [7, 11) is 1.59. The molecule has 0 atom stereocenters. The van der Waals surface area contributed by atoms with Crippen LogP contribution in [-0.4, -0.2) is 33.6 Å². The minimum Gasteiger partial charge on any atom is -0.507 e. The van der Waals surface area contributed by atoms with Gasteiger partial charge in [-0.15, -0.1) is 0 Å². The van der Waals surface area contributed by atoms with E-state index in [2.05, 4.69) is 14.9 Å². The molecule has 0 bridgehead atoms. The first kappa shape index (κ1) is 15.7. The van der Waals surface area contributed by atoms with Gasteiger partial charge in [-0.05, 0) is 18.2 Å². The van der Waals surface area contributed by atoms with E-state index < -0.39 is 0 Å². The minimum absolute atomic E-state index is 0.259. The zero-order valence-electron chi connectivity index (χ0n) is 14.0. The molecule has 6 heteroatoms. The first-order valence-corrected chi connectivity index (χ1v) is 8.20. The molecule has 0 spiro atoms. The average molecular weight is 337 g/mol. The number of rotatable bonds is 4. The Morgan fingerprint density at radius 3 is 3.00 bits per heavy atom. The Labute approximate surface area is 145 Å². The fourth-order valence-electron chi connectivity index (χ4n) is 3.08. The highest BCUT2D eigenvalue weighted by molar-refractivity contribution is 5.47. The van der Waals surface area contributed by atoms with Gasteiger partial charge in [0.25, 0.3) is 0 Å². The molecule has 4 rings (SSSR count). The topological polar surface area (TPSA) is 71.6 Å². The van der Waals surface area contributed by atoms with Crippen molar-refractivity contribution in [2.45, 2.75) is 19.5 Å². The number of phenols is 1. The molecule has 0 amide bonds. The molecule has 0 radical (unpaired) electrons. The molecule has 1 aliphatic heterocycles. The van der Waals surface area contributed by atoms with Crippen molar-refractivity contribution >= 4 is 0 Å². The van der Waals surface area contributed by atoms with Gasteiger partial charge in [0.1, 0.15) is 11.5 Å². The van der Waals surface area contributed by atoms with E-state index in [4.69, 9.17) is 9.15 Å². The lowest BCUT2D eigenvalue weighted by atomic mass is 10.1.